The second-order valence-electron chi connectivity index (χ2n) is 4.92. The minimum Gasteiger partial charge on any atom is -0.496 e. The molecule has 0 bridgehead atoms. The van der Waals surface area contributed by atoms with Crippen LogP contribution in [-0.2, 0) is 6.54 Å². The van der Waals surface area contributed by atoms with Crippen LogP contribution in [-0.4, -0.2) is 30.5 Å². The van der Waals surface area contributed by atoms with Crippen molar-refractivity contribution in [2.45, 2.75) is 39.8 Å². The molecule has 0 radical (unpaired) electrons. The van der Waals surface area contributed by atoms with Gasteiger partial charge in [-0.15, -0.1) is 11.6 Å². The number of rotatable bonds is 7. The highest BCUT2D eigenvalue weighted by molar-refractivity contribution is 6.17. The summed E-state index contributed by atoms with van der Waals surface area (Å²) in [5, 5.41) is 0. The van der Waals surface area contributed by atoms with Gasteiger partial charge in [0.2, 0.25) is 0 Å². The molecule has 1 aromatic rings. The Labute approximate surface area is 116 Å². The van der Waals surface area contributed by atoms with Crippen LogP contribution < -0.4 is 4.74 Å². The minimum atomic E-state index is 0.512. The fourth-order valence-electron chi connectivity index (χ4n) is 2.03. The molecule has 1 aromatic carbocycles. The quantitative estimate of drug-likeness (QED) is 0.698. The summed E-state index contributed by atoms with van der Waals surface area (Å²) in [5.74, 6) is 1.69. The van der Waals surface area contributed by atoms with E-state index in [1.165, 1.54) is 11.1 Å². The van der Waals surface area contributed by atoms with Crippen LogP contribution in [0.15, 0.2) is 18.2 Å². The number of alkyl halides is 1. The van der Waals surface area contributed by atoms with Crippen molar-refractivity contribution < 1.29 is 4.74 Å². The first-order valence-corrected chi connectivity index (χ1v) is 7.05. The lowest BCUT2D eigenvalue weighted by molar-refractivity contribution is 0.211. The first-order chi connectivity index (χ1) is 8.58. The number of aryl methyl sites for hydroxylation is 1. The lowest BCUT2D eigenvalue weighted by atomic mass is 10.1. The normalized spacial score (nSPS) is 11.3. The first-order valence-electron chi connectivity index (χ1n) is 6.52. The van der Waals surface area contributed by atoms with E-state index in [-0.39, 0.29) is 0 Å². The Bertz CT molecular complexity index is 366. The van der Waals surface area contributed by atoms with Crippen LogP contribution in [0, 0.1) is 6.92 Å². The number of halogens is 1. The molecule has 2 nitrogen and oxygen atoms in total. The SMILES string of the molecule is COc1ccc(C)cc1CN(CCCCl)C(C)C. The van der Waals surface area contributed by atoms with Crippen molar-refractivity contribution in [2.75, 3.05) is 19.5 Å². The zero-order chi connectivity index (χ0) is 13.5. The second-order valence-corrected chi connectivity index (χ2v) is 5.30. The molecule has 0 N–H and O–H groups in total. The summed E-state index contributed by atoms with van der Waals surface area (Å²) < 4.78 is 5.43. The fourth-order valence-corrected chi connectivity index (χ4v) is 2.15. The second kappa shape index (κ2) is 7.65. The summed E-state index contributed by atoms with van der Waals surface area (Å²) in [5.41, 5.74) is 2.52. The fraction of sp³-hybridized carbons (Fsp3) is 0.600. The third kappa shape index (κ3) is 4.51. The molecule has 1 rings (SSSR count). The maximum absolute atomic E-state index is 5.79. The lowest BCUT2D eigenvalue weighted by Crippen LogP contribution is -2.31. The molecule has 0 aliphatic rings. The van der Waals surface area contributed by atoms with Crippen molar-refractivity contribution in [3.63, 3.8) is 0 Å². The van der Waals surface area contributed by atoms with Gasteiger partial charge in [0.25, 0.3) is 0 Å². The largest absolute Gasteiger partial charge is 0.496 e. The van der Waals surface area contributed by atoms with Gasteiger partial charge >= 0.3 is 0 Å². The first kappa shape index (κ1) is 15.3. The molecule has 0 aliphatic carbocycles. The number of hydrogen-bond acceptors (Lipinski definition) is 2. The Morgan fingerprint density at radius 3 is 2.61 bits per heavy atom. The van der Waals surface area contributed by atoms with Crippen molar-refractivity contribution >= 4 is 11.6 Å². The zero-order valence-corrected chi connectivity index (χ0v) is 12.6. The highest BCUT2D eigenvalue weighted by atomic mass is 35.5. The Kier molecular flexibility index (Phi) is 6.51. The molecule has 0 saturated heterocycles. The summed E-state index contributed by atoms with van der Waals surface area (Å²) in [7, 11) is 1.73. The molecule has 0 spiro atoms. The third-order valence-corrected chi connectivity index (χ3v) is 3.39. The minimum absolute atomic E-state index is 0.512. The zero-order valence-electron chi connectivity index (χ0n) is 11.9. The van der Waals surface area contributed by atoms with E-state index in [0.717, 1.165) is 25.3 Å². The molecule has 0 atom stereocenters. The summed E-state index contributed by atoms with van der Waals surface area (Å²) in [4.78, 5) is 2.43. The highest BCUT2D eigenvalue weighted by Gasteiger charge is 2.12. The Balaban J connectivity index is 2.81. The van der Waals surface area contributed by atoms with E-state index in [9.17, 15) is 0 Å². The van der Waals surface area contributed by atoms with Gasteiger partial charge in [-0.25, -0.2) is 0 Å². The van der Waals surface area contributed by atoms with E-state index < -0.39 is 0 Å². The standard InChI is InChI=1S/C15H24ClNO/c1-12(2)17(9-5-8-16)11-14-10-13(3)6-7-15(14)18-4/h6-7,10,12H,5,8-9,11H2,1-4H3. The molecule has 0 fully saturated rings. The molecule has 0 aliphatic heterocycles. The molecule has 102 valence electrons. The van der Waals surface area contributed by atoms with Crippen molar-refractivity contribution in [2.24, 2.45) is 0 Å². The summed E-state index contributed by atoms with van der Waals surface area (Å²) in [6, 6.07) is 6.85. The molecule has 0 unspecified atom stereocenters. The molecule has 0 amide bonds. The van der Waals surface area contributed by atoms with Gasteiger partial charge in [-0.1, -0.05) is 17.7 Å². The Morgan fingerprint density at radius 1 is 1.33 bits per heavy atom. The number of methoxy groups -OCH3 is 1. The highest BCUT2D eigenvalue weighted by Crippen LogP contribution is 2.22. The summed E-state index contributed by atoms with van der Waals surface area (Å²) in [6.45, 7) is 8.49. The Morgan fingerprint density at radius 2 is 2.06 bits per heavy atom. The predicted molar refractivity (Wildman–Crippen MR) is 78.6 cm³/mol. The van der Waals surface area contributed by atoms with Crippen LogP contribution in [0.3, 0.4) is 0 Å². The lowest BCUT2D eigenvalue weighted by Gasteiger charge is -2.27. The maximum atomic E-state index is 5.79. The molecule has 18 heavy (non-hydrogen) atoms. The van der Waals surface area contributed by atoms with Crippen LogP contribution in [0.25, 0.3) is 0 Å². The monoisotopic (exact) mass is 269 g/mol. The van der Waals surface area contributed by atoms with E-state index in [1.807, 2.05) is 6.07 Å². The Hall–Kier alpha value is -0.730. The van der Waals surface area contributed by atoms with E-state index in [0.29, 0.717) is 11.9 Å². The average Bonchev–Trinajstić information content (AvgIpc) is 2.34. The molecule has 0 saturated carbocycles. The molecular weight excluding hydrogens is 246 g/mol. The van der Waals surface area contributed by atoms with E-state index in [1.54, 1.807) is 7.11 Å². The number of ether oxygens (including phenoxy) is 1. The molecule has 0 heterocycles. The summed E-state index contributed by atoms with van der Waals surface area (Å²) in [6.07, 6.45) is 1.02. The predicted octanol–water partition coefficient (Wildman–Crippen LogP) is 3.84. The van der Waals surface area contributed by atoms with Gasteiger partial charge in [-0.05, 0) is 39.8 Å². The van der Waals surface area contributed by atoms with Crippen LogP contribution in [0.4, 0.5) is 0 Å². The van der Waals surface area contributed by atoms with Crippen LogP contribution in [0.2, 0.25) is 0 Å². The topological polar surface area (TPSA) is 12.5 Å². The number of hydrogen-bond donors (Lipinski definition) is 0. The van der Waals surface area contributed by atoms with Gasteiger partial charge in [0.1, 0.15) is 5.75 Å². The van der Waals surface area contributed by atoms with E-state index >= 15 is 0 Å². The van der Waals surface area contributed by atoms with Crippen LogP contribution in [0.5, 0.6) is 5.75 Å². The van der Waals surface area contributed by atoms with Gasteiger partial charge in [-0.2, -0.15) is 0 Å². The number of nitrogens with zero attached hydrogens (tertiary/aromatic N) is 1. The van der Waals surface area contributed by atoms with Crippen LogP contribution >= 0.6 is 11.6 Å². The molecular formula is C15H24ClNO. The summed E-state index contributed by atoms with van der Waals surface area (Å²) >= 11 is 5.79. The molecule has 0 aromatic heterocycles. The van der Waals surface area contributed by atoms with Gasteiger partial charge in [-0.3, -0.25) is 4.90 Å². The van der Waals surface area contributed by atoms with E-state index in [2.05, 4.69) is 37.8 Å². The van der Waals surface area contributed by atoms with E-state index in [4.69, 9.17) is 16.3 Å². The average molecular weight is 270 g/mol. The van der Waals surface area contributed by atoms with Crippen LogP contribution in [0.1, 0.15) is 31.4 Å². The third-order valence-electron chi connectivity index (χ3n) is 3.12. The molecule has 3 heteroatoms. The van der Waals surface area contributed by atoms with Gasteiger partial charge in [0, 0.05) is 24.0 Å². The maximum Gasteiger partial charge on any atom is 0.123 e. The van der Waals surface area contributed by atoms with Crippen molar-refractivity contribution in [3.8, 4) is 5.75 Å². The van der Waals surface area contributed by atoms with Crippen molar-refractivity contribution in [1.29, 1.82) is 0 Å². The van der Waals surface area contributed by atoms with Gasteiger partial charge in [0.05, 0.1) is 7.11 Å². The van der Waals surface area contributed by atoms with Crippen molar-refractivity contribution in [3.05, 3.63) is 29.3 Å². The number of benzene rings is 1. The van der Waals surface area contributed by atoms with Crippen molar-refractivity contribution in [1.82, 2.24) is 4.90 Å². The smallest absolute Gasteiger partial charge is 0.123 e. The van der Waals surface area contributed by atoms with Gasteiger partial charge in [0.15, 0.2) is 0 Å². The van der Waals surface area contributed by atoms with Gasteiger partial charge < -0.3 is 4.74 Å².